The molecule has 17 heavy (non-hydrogen) atoms. The highest BCUT2D eigenvalue weighted by atomic mass is 16.6. The molecule has 0 fully saturated rings. The first-order chi connectivity index (χ1) is 8.08. The van der Waals surface area contributed by atoms with Gasteiger partial charge in [-0.15, -0.1) is 0 Å². The molecule has 92 valence electrons. The molecule has 0 aliphatic carbocycles. The van der Waals surface area contributed by atoms with Crippen molar-refractivity contribution in [2.45, 2.75) is 0 Å². The van der Waals surface area contributed by atoms with Crippen molar-refractivity contribution in [2.75, 3.05) is 20.3 Å². The third-order valence-electron chi connectivity index (χ3n) is 2.08. The van der Waals surface area contributed by atoms with Crippen LogP contribution in [0.25, 0.3) is 0 Å². The van der Waals surface area contributed by atoms with Crippen LogP contribution in [0, 0.1) is 10.1 Å². The highest BCUT2D eigenvalue weighted by molar-refractivity contribution is 5.48. The molecule has 0 unspecified atom stereocenters. The van der Waals surface area contributed by atoms with Gasteiger partial charge in [-0.2, -0.15) is 0 Å². The molecule has 1 rings (SSSR count). The van der Waals surface area contributed by atoms with Crippen molar-refractivity contribution in [1.82, 2.24) is 0 Å². The second-order valence-corrected chi connectivity index (χ2v) is 3.34. The summed E-state index contributed by atoms with van der Waals surface area (Å²) in [6, 6.07) is 4.14. The highest BCUT2D eigenvalue weighted by Crippen LogP contribution is 2.31. The van der Waals surface area contributed by atoms with E-state index < -0.39 is 4.92 Å². The van der Waals surface area contributed by atoms with E-state index in [0.717, 1.165) is 0 Å². The summed E-state index contributed by atoms with van der Waals surface area (Å²) in [5.74, 6) is 0.733. The van der Waals surface area contributed by atoms with E-state index >= 15 is 0 Å². The third-order valence-corrected chi connectivity index (χ3v) is 2.08. The molecule has 0 aliphatic heterocycles. The fourth-order valence-corrected chi connectivity index (χ4v) is 1.13. The average molecular weight is 238 g/mol. The molecule has 0 aliphatic rings. The molecule has 0 bridgehead atoms. The Bertz CT molecular complexity index is 431. The van der Waals surface area contributed by atoms with Crippen LogP contribution in [0.2, 0.25) is 0 Å². The monoisotopic (exact) mass is 238 g/mol. The van der Waals surface area contributed by atoms with Crippen molar-refractivity contribution in [3.8, 4) is 11.5 Å². The van der Waals surface area contributed by atoms with Gasteiger partial charge < -0.3 is 15.2 Å². The van der Waals surface area contributed by atoms with Crippen LogP contribution in [0.1, 0.15) is 0 Å². The van der Waals surface area contributed by atoms with Crippen LogP contribution in [-0.2, 0) is 0 Å². The molecule has 6 nitrogen and oxygen atoms in total. The van der Waals surface area contributed by atoms with Gasteiger partial charge in [-0.05, 0) is 11.6 Å². The van der Waals surface area contributed by atoms with E-state index in [0.29, 0.717) is 23.6 Å². The van der Waals surface area contributed by atoms with Crippen LogP contribution in [0.3, 0.4) is 0 Å². The standard InChI is InChI=1S/C11H14N2O4/c1-8(6-12)7-17-11-5-9(13(14)15)3-4-10(11)16-2/h3-5H,1,6-7,12H2,2H3. The van der Waals surface area contributed by atoms with Crippen molar-refractivity contribution >= 4 is 5.69 Å². The number of nitrogens with two attached hydrogens (primary N) is 1. The minimum absolute atomic E-state index is 0.0563. The lowest BCUT2D eigenvalue weighted by atomic mass is 10.2. The zero-order valence-corrected chi connectivity index (χ0v) is 9.51. The van der Waals surface area contributed by atoms with Crippen molar-refractivity contribution in [1.29, 1.82) is 0 Å². The lowest BCUT2D eigenvalue weighted by molar-refractivity contribution is -0.385. The lowest BCUT2D eigenvalue weighted by Crippen LogP contribution is -2.10. The topological polar surface area (TPSA) is 87.6 Å². The van der Waals surface area contributed by atoms with Crippen molar-refractivity contribution in [3.05, 3.63) is 40.5 Å². The number of benzene rings is 1. The Kier molecular flexibility index (Phi) is 4.47. The van der Waals surface area contributed by atoms with Gasteiger partial charge in [-0.3, -0.25) is 10.1 Å². The SMILES string of the molecule is C=C(CN)COc1cc([N+](=O)[O-])ccc1OC. The van der Waals surface area contributed by atoms with Crippen LogP contribution in [0.4, 0.5) is 5.69 Å². The van der Waals surface area contributed by atoms with Gasteiger partial charge in [0.1, 0.15) is 6.61 Å². The molecule has 0 aromatic heterocycles. The minimum atomic E-state index is -0.496. The Balaban J connectivity index is 2.90. The first kappa shape index (κ1) is 13.0. The number of nitro groups is 1. The number of non-ortho nitro benzene ring substituents is 1. The second-order valence-electron chi connectivity index (χ2n) is 3.34. The number of nitro benzene ring substituents is 1. The number of hydrogen-bond acceptors (Lipinski definition) is 5. The molecule has 2 N–H and O–H groups in total. The predicted octanol–water partition coefficient (Wildman–Crippen LogP) is 1.50. The van der Waals surface area contributed by atoms with Crippen molar-refractivity contribution < 1.29 is 14.4 Å². The Labute approximate surface area is 98.8 Å². The van der Waals surface area contributed by atoms with E-state index in [9.17, 15) is 10.1 Å². The summed E-state index contributed by atoms with van der Waals surface area (Å²) in [7, 11) is 1.46. The van der Waals surface area contributed by atoms with Crippen molar-refractivity contribution in [3.63, 3.8) is 0 Å². The van der Waals surface area contributed by atoms with E-state index in [1.807, 2.05) is 0 Å². The fraction of sp³-hybridized carbons (Fsp3) is 0.273. The first-order valence-corrected chi connectivity index (χ1v) is 4.90. The summed E-state index contributed by atoms with van der Waals surface area (Å²) in [4.78, 5) is 10.1. The maximum Gasteiger partial charge on any atom is 0.273 e. The molecule has 1 aromatic carbocycles. The van der Waals surface area contributed by atoms with Gasteiger partial charge in [0.2, 0.25) is 0 Å². The molecule has 1 aromatic rings. The molecule has 0 saturated heterocycles. The lowest BCUT2D eigenvalue weighted by Gasteiger charge is -2.10. The van der Waals surface area contributed by atoms with E-state index in [1.54, 1.807) is 0 Å². The molecule has 0 atom stereocenters. The molecular weight excluding hydrogens is 224 g/mol. The second kappa shape index (κ2) is 5.86. The largest absolute Gasteiger partial charge is 0.493 e. The molecule has 0 spiro atoms. The van der Waals surface area contributed by atoms with E-state index in [1.165, 1.54) is 25.3 Å². The number of hydrogen-bond donors (Lipinski definition) is 1. The minimum Gasteiger partial charge on any atom is -0.493 e. The van der Waals surface area contributed by atoms with Gasteiger partial charge in [0, 0.05) is 12.6 Å². The maximum atomic E-state index is 10.6. The summed E-state index contributed by atoms with van der Waals surface area (Å²) >= 11 is 0. The molecule has 0 amide bonds. The average Bonchev–Trinajstić information content (AvgIpc) is 2.35. The normalized spacial score (nSPS) is 9.76. The van der Waals surface area contributed by atoms with Crippen LogP contribution in [0.5, 0.6) is 11.5 Å². The van der Waals surface area contributed by atoms with E-state index in [-0.39, 0.29) is 12.3 Å². The summed E-state index contributed by atoms with van der Waals surface area (Å²) in [5.41, 5.74) is 6.00. The van der Waals surface area contributed by atoms with Gasteiger partial charge in [0.25, 0.3) is 5.69 Å². The molecule has 0 heterocycles. The van der Waals surface area contributed by atoms with Gasteiger partial charge in [-0.1, -0.05) is 6.58 Å². The summed E-state index contributed by atoms with van der Waals surface area (Å²) in [6.07, 6.45) is 0. The van der Waals surface area contributed by atoms with Gasteiger partial charge >= 0.3 is 0 Å². The number of nitrogens with zero attached hydrogens (tertiary/aromatic N) is 1. The Morgan fingerprint density at radius 2 is 2.24 bits per heavy atom. The van der Waals surface area contributed by atoms with Crippen LogP contribution in [0.15, 0.2) is 30.4 Å². The summed E-state index contributed by atoms with van der Waals surface area (Å²) in [5, 5.41) is 10.6. The Hall–Kier alpha value is -2.08. The third kappa shape index (κ3) is 3.46. The number of rotatable bonds is 6. The van der Waals surface area contributed by atoms with Crippen LogP contribution >= 0.6 is 0 Å². The predicted molar refractivity (Wildman–Crippen MR) is 63.3 cm³/mol. The maximum absolute atomic E-state index is 10.6. The quantitative estimate of drug-likeness (QED) is 0.461. The van der Waals surface area contributed by atoms with Gasteiger partial charge in [0.05, 0.1) is 18.1 Å². The van der Waals surface area contributed by atoms with Crippen LogP contribution in [-0.4, -0.2) is 25.2 Å². The summed E-state index contributed by atoms with van der Waals surface area (Å²) in [6.45, 7) is 4.18. The van der Waals surface area contributed by atoms with E-state index in [4.69, 9.17) is 15.2 Å². The Morgan fingerprint density at radius 3 is 2.76 bits per heavy atom. The number of ether oxygens (including phenoxy) is 2. The number of methoxy groups -OCH3 is 1. The molecule has 0 saturated carbocycles. The molecule has 0 radical (unpaired) electrons. The zero-order chi connectivity index (χ0) is 12.8. The highest BCUT2D eigenvalue weighted by Gasteiger charge is 2.12. The fourth-order valence-electron chi connectivity index (χ4n) is 1.13. The van der Waals surface area contributed by atoms with Gasteiger partial charge in [-0.25, -0.2) is 0 Å². The van der Waals surface area contributed by atoms with Crippen molar-refractivity contribution in [2.24, 2.45) is 5.73 Å². The smallest absolute Gasteiger partial charge is 0.273 e. The van der Waals surface area contributed by atoms with Gasteiger partial charge in [0.15, 0.2) is 11.5 Å². The summed E-state index contributed by atoms with van der Waals surface area (Å²) < 4.78 is 10.4. The Morgan fingerprint density at radius 1 is 1.53 bits per heavy atom. The molecular formula is C11H14N2O4. The molecule has 6 heteroatoms. The zero-order valence-electron chi connectivity index (χ0n) is 9.51. The first-order valence-electron chi connectivity index (χ1n) is 4.90. The van der Waals surface area contributed by atoms with Crippen LogP contribution < -0.4 is 15.2 Å². The van der Waals surface area contributed by atoms with E-state index in [2.05, 4.69) is 6.58 Å².